The Kier molecular flexibility index (Phi) is 4.80. The van der Waals surface area contributed by atoms with Crippen LogP contribution in [0.3, 0.4) is 0 Å². The first-order chi connectivity index (χ1) is 10.2. The number of hydrogen-bond acceptors (Lipinski definition) is 6. The molecule has 0 amide bonds. The molecule has 6 nitrogen and oxygen atoms in total. The fourth-order valence-electron chi connectivity index (χ4n) is 1.59. The van der Waals surface area contributed by atoms with Gasteiger partial charge in [0.25, 0.3) is 0 Å². The summed E-state index contributed by atoms with van der Waals surface area (Å²) >= 11 is 5.95. The molecular formula is C14H12ClN3O3. The summed E-state index contributed by atoms with van der Waals surface area (Å²) in [6.07, 6.45) is 0. The second-order valence-electron chi connectivity index (χ2n) is 3.87. The smallest absolute Gasteiger partial charge is 0.328 e. The van der Waals surface area contributed by atoms with Crippen LogP contribution >= 0.6 is 11.6 Å². The summed E-state index contributed by atoms with van der Waals surface area (Å²) in [5.41, 5.74) is 0.534. The highest BCUT2D eigenvalue weighted by Gasteiger charge is 2.15. The summed E-state index contributed by atoms with van der Waals surface area (Å²) in [6.45, 7) is 0. The molecule has 1 heterocycles. The summed E-state index contributed by atoms with van der Waals surface area (Å²) in [4.78, 5) is 8.12. The monoisotopic (exact) mass is 305 g/mol. The van der Waals surface area contributed by atoms with E-state index in [0.29, 0.717) is 23.1 Å². The van der Waals surface area contributed by atoms with Crippen LogP contribution in [0.5, 0.6) is 23.5 Å². The van der Waals surface area contributed by atoms with Crippen molar-refractivity contribution in [2.45, 2.75) is 5.38 Å². The van der Waals surface area contributed by atoms with Gasteiger partial charge in [-0.15, -0.1) is 11.6 Å². The number of para-hydroxylation sites is 1. The van der Waals surface area contributed by atoms with E-state index < -0.39 is 5.38 Å². The average Bonchev–Trinajstić information content (AvgIpc) is 2.54. The minimum absolute atomic E-state index is 0.0421. The number of hydrogen-bond donors (Lipinski definition) is 0. The number of nitriles is 1. The van der Waals surface area contributed by atoms with E-state index in [9.17, 15) is 0 Å². The number of rotatable bonds is 5. The van der Waals surface area contributed by atoms with Gasteiger partial charge in [0.2, 0.25) is 11.8 Å². The van der Waals surface area contributed by atoms with Crippen molar-refractivity contribution >= 4 is 11.6 Å². The third kappa shape index (κ3) is 3.52. The Bertz CT molecular complexity index is 651. The highest BCUT2D eigenvalue weighted by atomic mass is 35.5. The lowest BCUT2D eigenvalue weighted by Gasteiger charge is -2.11. The second-order valence-corrected chi connectivity index (χ2v) is 4.30. The van der Waals surface area contributed by atoms with Crippen LogP contribution in [0.4, 0.5) is 0 Å². The van der Waals surface area contributed by atoms with Crippen molar-refractivity contribution in [2.24, 2.45) is 0 Å². The summed E-state index contributed by atoms with van der Waals surface area (Å²) in [5.74, 6) is 1.00. The molecule has 0 radical (unpaired) electrons. The number of benzene rings is 1. The molecule has 0 aliphatic rings. The lowest BCUT2D eigenvalue weighted by Crippen LogP contribution is -2.00. The number of alkyl halides is 1. The standard InChI is InChI=1S/C14H12ClN3O3/c1-19-12-7-13(20-2)18-14(17-12)21-11-6-4-3-5-9(11)10(15)8-16/h3-7,10H,1-2H3. The SMILES string of the molecule is COc1cc(OC)nc(Oc2ccccc2C(Cl)C#N)n1. The van der Waals surface area contributed by atoms with Gasteiger partial charge in [0.1, 0.15) is 11.1 Å². The topological polar surface area (TPSA) is 77.3 Å². The minimum Gasteiger partial charge on any atom is -0.481 e. The number of aromatic nitrogens is 2. The van der Waals surface area contributed by atoms with Crippen molar-refractivity contribution in [1.29, 1.82) is 5.26 Å². The minimum atomic E-state index is -0.825. The number of halogens is 1. The Hall–Kier alpha value is -2.52. The summed E-state index contributed by atoms with van der Waals surface area (Å²) in [5, 5.41) is 8.11. The van der Waals surface area contributed by atoms with Crippen LogP contribution in [0.15, 0.2) is 30.3 Å². The van der Waals surface area contributed by atoms with E-state index in [2.05, 4.69) is 9.97 Å². The first-order valence-electron chi connectivity index (χ1n) is 5.95. The summed E-state index contributed by atoms with van der Waals surface area (Å²) < 4.78 is 15.7. The molecular weight excluding hydrogens is 294 g/mol. The molecule has 21 heavy (non-hydrogen) atoms. The Labute approximate surface area is 126 Å². The normalized spacial score (nSPS) is 11.3. The molecule has 0 saturated carbocycles. The molecule has 1 unspecified atom stereocenters. The van der Waals surface area contributed by atoms with E-state index in [1.165, 1.54) is 20.3 Å². The fraction of sp³-hybridized carbons (Fsp3) is 0.214. The van der Waals surface area contributed by atoms with Crippen LogP contribution in [0.1, 0.15) is 10.9 Å². The van der Waals surface area contributed by atoms with Crippen LogP contribution in [0, 0.1) is 11.3 Å². The summed E-state index contributed by atoms with van der Waals surface area (Å²) in [7, 11) is 2.95. The van der Waals surface area contributed by atoms with Crippen molar-refractivity contribution in [3.05, 3.63) is 35.9 Å². The Morgan fingerprint density at radius 2 is 1.76 bits per heavy atom. The first kappa shape index (κ1) is 14.9. The summed E-state index contributed by atoms with van der Waals surface area (Å²) in [6, 6.07) is 10.4. The van der Waals surface area contributed by atoms with Gasteiger partial charge in [0.05, 0.1) is 26.4 Å². The third-order valence-corrected chi connectivity index (χ3v) is 2.92. The van der Waals surface area contributed by atoms with Gasteiger partial charge < -0.3 is 14.2 Å². The van der Waals surface area contributed by atoms with Gasteiger partial charge >= 0.3 is 6.01 Å². The molecule has 108 valence electrons. The predicted molar refractivity (Wildman–Crippen MR) is 75.9 cm³/mol. The fourth-order valence-corrected chi connectivity index (χ4v) is 1.77. The number of methoxy groups -OCH3 is 2. The zero-order chi connectivity index (χ0) is 15.2. The lowest BCUT2D eigenvalue weighted by atomic mass is 10.1. The van der Waals surface area contributed by atoms with Gasteiger partial charge in [-0.25, -0.2) is 0 Å². The van der Waals surface area contributed by atoms with E-state index in [1.807, 2.05) is 6.07 Å². The highest BCUT2D eigenvalue weighted by Crippen LogP contribution is 2.32. The molecule has 0 aliphatic heterocycles. The molecule has 1 aromatic heterocycles. The van der Waals surface area contributed by atoms with E-state index in [4.69, 9.17) is 31.1 Å². The van der Waals surface area contributed by atoms with Gasteiger partial charge in [-0.1, -0.05) is 18.2 Å². The quantitative estimate of drug-likeness (QED) is 0.790. The Morgan fingerprint density at radius 1 is 1.14 bits per heavy atom. The maximum atomic E-state index is 8.93. The maximum Gasteiger partial charge on any atom is 0.328 e. The Morgan fingerprint density at radius 3 is 2.33 bits per heavy atom. The van der Waals surface area contributed by atoms with Gasteiger partial charge in [-0.3, -0.25) is 0 Å². The third-order valence-electron chi connectivity index (χ3n) is 2.58. The van der Waals surface area contributed by atoms with Crippen LogP contribution in [0.2, 0.25) is 0 Å². The molecule has 1 aromatic carbocycles. The molecule has 0 spiro atoms. The lowest BCUT2D eigenvalue weighted by molar-refractivity contribution is 0.347. The molecule has 0 aliphatic carbocycles. The molecule has 0 N–H and O–H groups in total. The van der Waals surface area contributed by atoms with Gasteiger partial charge in [-0.05, 0) is 6.07 Å². The largest absolute Gasteiger partial charge is 0.481 e. The van der Waals surface area contributed by atoms with E-state index in [0.717, 1.165) is 0 Å². The molecule has 2 rings (SSSR count). The molecule has 2 aromatic rings. The second kappa shape index (κ2) is 6.77. The average molecular weight is 306 g/mol. The maximum absolute atomic E-state index is 8.93. The molecule has 0 fully saturated rings. The van der Waals surface area contributed by atoms with E-state index in [-0.39, 0.29) is 6.01 Å². The highest BCUT2D eigenvalue weighted by molar-refractivity contribution is 6.22. The zero-order valence-corrected chi connectivity index (χ0v) is 12.2. The van der Waals surface area contributed by atoms with Crippen LogP contribution in [-0.4, -0.2) is 24.2 Å². The van der Waals surface area contributed by atoms with Crippen molar-refractivity contribution in [2.75, 3.05) is 14.2 Å². The van der Waals surface area contributed by atoms with Gasteiger partial charge in [0, 0.05) is 5.56 Å². The van der Waals surface area contributed by atoms with Gasteiger partial charge in [0.15, 0.2) is 0 Å². The van der Waals surface area contributed by atoms with Crippen molar-refractivity contribution in [3.8, 4) is 29.6 Å². The van der Waals surface area contributed by atoms with Crippen molar-refractivity contribution < 1.29 is 14.2 Å². The Balaban J connectivity index is 2.36. The van der Waals surface area contributed by atoms with E-state index in [1.54, 1.807) is 24.3 Å². The van der Waals surface area contributed by atoms with Crippen molar-refractivity contribution in [3.63, 3.8) is 0 Å². The predicted octanol–water partition coefficient (Wildman–Crippen LogP) is 3.09. The first-order valence-corrected chi connectivity index (χ1v) is 6.39. The molecule has 7 heteroatoms. The molecule has 1 atom stereocenters. The zero-order valence-electron chi connectivity index (χ0n) is 11.4. The molecule has 0 bridgehead atoms. The number of nitrogens with zero attached hydrogens (tertiary/aromatic N) is 3. The van der Waals surface area contributed by atoms with Crippen LogP contribution in [0.25, 0.3) is 0 Å². The van der Waals surface area contributed by atoms with Crippen molar-refractivity contribution in [1.82, 2.24) is 9.97 Å². The van der Waals surface area contributed by atoms with Crippen LogP contribution < -0.4 is 14.2 Å². The van der Waals surface area contributed by atoms with E-state index >= 15 is 0 Å². The molecule has 0 saturated heterocycles. The van der Waals surface area contributed by atoms with Crippen LogP contribution in [-0.2, 0) is 0 Å². The number of ether oxygens (including phenoxy) is 3. The van der Waals surface area contributed by atoms with Gasteiger partial charge in [-0.2, -0.15) is 15.2 Å².